The normalized spacial score (nSPS) is 10.9. The van der Waals surface area contributed by atoms with Crippen molar-refractivity contribution >= 4 is 17.3 Å². The van der Waals surface area contributed by atoms with Gasteiger partial charge in [0.05, 0.1) is 10.4 Å². The fourth-order valence-corrected chi connectivity index (χ4v) is 3.60. The molecule has 6 nitrogen and oxygen atoms in total. The second-order valence-corrected chi connectivity index (χ2v) is 6.96. The molecule has 0 aliphatic rings. The third kappa shape index (κ3) is 3.41. The average Bonchev–Trinajstić information content (AvgIpc) is 3.41. The minimum Gasteiger partial charge on any atom is -0.452 e. The lowest BCUT2D eigenvalue weighted by Gasteiger charge is -2.09. The average molecular weight is 379 g/mol. The number of benzene rings is 1. The SMILES string of the molecule is Cc1cc(C(=O)OCc2nnc(-c3cccs3)o2)c(C)n1-c1ccccc1. The predicted octanol–water partition coefficient (Wildman–Crippen LogP) is 4.56. The summed E-state index contributed by atoms with van der Waals surface area (Å²) in [5.74, 6) is 0.281. The molecule has 7 heteroatoms. The van der Waals surface area contributed by atoms with Crippen LogP contribution in [0.5, 0.6) is 0 Å². The summed E-state index contributed by atoms with van der Waals surface area (Å²) in [5, 5.41) is 9.85. The Bertz CT molecular complexity index is 1070. The lowest BCUT2D eigenvalue weighted by Crippen LogP contribution is -2.07. The van der Waals surface area contributed by atoms with Crippen molar-refractivity contribution in [2.45, 2.75) is 20.5 Å². The molecule has 0 saturated heterocycles. The van der Waals surface area contributed by atoms with Gasteiger partial charge in [-0.2, -0.15) is 0 Å². The highest BCUT2D eigenvalue weighted by atomic mass is 32.1. The fourth-order valence-electron chi connectivity index (χ4n) is 2.96. The number of aryl methyl sites for hydroxylation is 1. The zero-order valence-corrected chi connectivity index (χ0v) is 15.7. The summed E-state index contributed by atoms with van der Waals surface area (Å²) in [4.78, 5) is 13.4. The number of carbonyl (C=O) groups excluding carboxylic acids is 1. The van der Waals surface area contributed by atoms with E-state index in [0.717, 1.165) is 22.0 Å². The van der Waals surface area contributed by atoms with Gasteiger partial charge in [-0.1, -0.05) is 24.3 Å². The van der Waals surface area contributed by atoms with E-state index >= 15 is 0 Å². The topological polar surface area (TPSA) is 70.2 Å². The van der Waals surface area contributed by atoms with Gasteiger partial charge in [0.15, 0.2) is 6.61 Å². The Morgan fingerprint density at radius 2 is 1.96 bits per heavy atom. The van der Waals surface area contributed by atoms with E-state index in [2.05, 4.69) is 10.2 Å². The van der Waals surface area contributed by atoms with Crippen molar-refractivity contribution in [3.63, 3.8) is 0 Å². The molecule has 0 atom stereocenters. The van der Waals surface area contributed by atoms with Gasteiger partial charge in [-0.25, -0.2) is 4.79 Å². The Morgan fingerprint density at radius 3 is 2.70 bits per heavy atom. The van der Waals surface area contributed by atoms with Gasteiger partial charge in [-0.05, 0) is 43.5 Å². The quantitative estimate of drug-likeness (QED) is 0.475. The maximum atomic E-state index is 12.5. The first-order chi connectivity index (χ1) is 13.1. The zero-order valence-electron chi connectivity index (χ0n) is 14.9. The van der Waals surface area contributed by atoms with Crippen LogP contribution >= 0.6 is 11.3 Å². The number of aromatic nitrogens is 3. The summed E-state index contributed by atoms with van der Waals surface area (Å²) in [6.45, 7) is 3.80. The molecule has 0 N–H and O–H groups in total. The van der Waals surface area contributed by atoms with Crippen LogP contribution < -0.4 is 0 Å². The van der Waals surface area contributed by atoms with Gasteiger partial charge in [0.1, 0.15) is 0 Å². The van der Waals surface area contributed by atoms with Crippen LogP contribution in [0.4, 0.5) is 0 Å². The van der Waals surface area contributed by atoms with E-state index in [1.54, 1.807) is 0 Å². The van der Waals surface area contributed by atoms with Gasteiger partial charge in [0, 0.05) is 17.1 Å². The molecule has 0 spiro atoms. The monoisotopic (exact) mass is 379 g/mol. The van der Waals surface area contributed by atoms with Crippen molar-refractivity contribution in [2.24, 2.45) is 0 Å². The van der Waals surface area contributed by atoms with E-state index in [1.807, 2.05) is 72.3 Å². The number of rotatable bonds is 5. The number of hydrogen-bond acceptors (Lipinski definition) is 6. The van der Waals surface area contributed by atoms with Gasteiger partial charge in [-0.3, -0.25) is 0 Å². The van der Waals surface area contributed by atoms with Crippen molar-refractivity contribution in [1.82, 2.24) is 14.8 Å². The molecular formula is C20H17N3O3S. The van der Waals surface area contributed by atoms with Crippen molar-refractivity contribution < 1.29 is 13.9 Å². The van der Waals surface area contributed by atoms with E-state index < -0.39 is 5.97 Å². The molecule has 3 aromatic heterocycles. The second-order valence-electron chi connectivity index (χ2n) is 6.01. The van der Waals surface area contributed by atoms with Crippen molar-refractivity contribution in [1.29, 1.82) is 0 Å². The third-order valence-corrected chi connectivity index (χ3v) is 5.05. The molecule has 0 bridgehead atoms. The number of thiophene rings is 1. The fraction of sp³-hybridized carbons (Fsp3) is 0.150. The van der Waals surface area contributed by atoms with Gasteiger partial charge in [0.2, 0.25) is 0 Å². The van der Waals surface area contributed by atoms with Crippen LogP contribution in [0.3, 0.4) is 0 Å². The molecule has 0 fully saturated rings. The highest BCUT2D eigenvalue weighted by Crippen LogP contribution is 2.24. The molecule has 4 rings (SSSR count). The van der Waals surface area contributed by atoms with Gasteiger partial charge in [-0.15, -0.1) is 21.5 Å². The van der Waals surface area contributed by atoms with Crippen LogP contribution in [-0.4, -0.2) is 20.7 Å². The molecule has 0 saturated carbocycles. The first-order valence-corrected chi connectivity index (χ1v) is 9.29. The summed E-state index contributed by atoms with van der Waals surface area (Å²) < 4.78 is 13.0. The van der Waals surface area contributed by atoms with Crippen molar-refractivity contribution in [3.8, 4) is 16.5 Å². The lowest BCUT2D eigenvalue weighted by molar-refractivity contribution is 0.0438. The Labute approximate surface area is 160 Å². The lowest BCUT2D eigenvalue weighted by atomic mass is 10.2. The van der Waals surface area contributed by atoms with E-state index in [1.165, 1.54) is 11.3 Å². The number of hydrogen-bond donors (Lipinski definition) is 0. The maximum Gasteiger partial charge on any atom is 0.340 e. The largest absolute Gasteiger partial charge is 0.452 e. The van der Waals surface area contributed by atoms with Gasteiger partial charge in [0.25, 0.3) is 11.8 Å². The molecule has 0 unspecified atom stereocenters. The molecule has 0 radical (unpaired) electrons. The minimum atomic E-state index is -0.416. The molecule has 0 aliphatic carbocycles. The highest BCUT2D eigenvalue weighted by Gasteiger charge is 2.19. The third-order valence-electron chi connectivity index (χ3n) is 4.19. The summed E-state index contributed by atoms with van der Waals surface area (Å²) in [6, 6.07) is 15.5. The van der Waals surface area contributed by atoms with Crippen molar-refractivity contribution in [2.75, 3.05) is 0 Å². The number of ether oxygens (including phenoxy) is 1. The minimum absolute atomic E-state index is 0.0633. The Hall–Kier alpha value is -3.19. The molecule has 1 aromatic carbocycles. The van der Waals surface area contributed by atoms with E-state index in [-0.39, 0.29) is 12.5 Å². The summed E-state index contributed by atoms with van der Waals surface area (Å²) >= 11 is 1.51. The van der Waals surface area contributed by atoms with Crippen molar-refractivity contribution in [3.05, 3.63) is 76.8 Å². The van der Waals surface area contributed by atoms with E-state index in [4.69, 9.17) is 9.15 Å². The summed E-state index contributed by atoms with van der Waals surface area (Å²) in [7, 11) is 0. The van der Waals surface area contributed by atoms with Crippen LogP contribution in [0.25, 0.3) is 16.5 Å². The molecule has 0 amide bonds. The Morgan fingerprint density at radius 1 is 1.15 bits per heavy atom. The summed E-state index contributed by atoms with van der Waals surface area (Å²) in [5.41, 5.74) is 3.32. The highest BCUT2D eigenvalue weighted by molar-refractivity contribution is 7.13. The number of para-hydroxylation sites is 1. The van der Waals surface area contributed by atoms with Crippen LogP contribution in [0.1, 0.15) is 27.6 Å². The van der Waals surface area contributed by atoms with E-state index in [0.29, 0.717) is 11.5 Å². The van der Waals surface area contributed by atoms with E-state index in [9.17, 15) is 4.79 Å². The number of carbonyl (C=O) groups is 1. The Balaban J connectivity index is 1.49. The molecule has 4 aromatic rings. The Kier molecular flexibility index (Phi) is 4.60. The molecule has 3 heterocycles. The van der Waals surface area contributed by atoms with Gasteiger partial charge >= 0.3 is 5.97 Å². The summed E-state index contributed by atoms with van der Waals surface area (Å²) in [6.07, 6.45) is 0. The molecule has 0 aliphatic heterocycles. The standard InChI is InChI=1S/C20H17N3O3S/c1-13-11-16(14(2)23(13)15-7-4-3-5-8-15)20(24)25-12-18-21-22-19(26-18)17-9-6-10-27-17/h3-11H,12H2,1-2H3. The first-order valence-electron chi connectivity index (χ1n) is 8.41. The number of esters is 1. The molecule has 136 valence electrons. The zero-order chi connectivity index (χ0) is 18.8. The number of nitrogens with zero attached hydrogens (tertiary/aromatic N) is 3. The first kappa shape index (κ1) is 17.2. The maximum absolute atomic E-state index is 12.5. The van der Waals surface area contributed by atoms with Crippen LogP contribution in [-0.2, 0) is 11.3 Å². The molecule has 27 heavy (non-hydrogen) atoms. The van der Waals surface area contributed by atoms with Crippen LogP contribution in [0.2, 0.25) is 0 Å². The van der Waals surface area contributed by atoms with Crippen LogP contribution in [0.15, 0.2) is 58.3 Å². The smallest absolute Gasteiger partial charge is 0.340 e. The van der Waals surface area contributed by atoms with Crippen LogP contribution in [0, 0.1) is 13.8 Å². The molecular weight excluding hydrogens is 362 g/mol. The predicted molar refractivity (Wildman–Crippen MR) is 102 cm³/mol. The second kappa shape index (κ2) is 7.20. The van der Waals surface area contributed by atoms with Gasteiger partial charge < -0.3 is 13.7 Å².